The summed E-state index contributed by atoms with van der Waals surface area (Å²) in [5.74, 6) is -0.208. The number of hydrogen-bond acceptors (Lipinski definition) is 6. The topological polar surface area (TPSA) is 69.4 Å². The molecule has 0 radical (unpaired) electrons. The van der Waals surface area contributed by atoms with Crippen LogP contribution in [0, 0.1) is 0 Å². The van der Waals surface area contributed by atoms with Gasteiger partial charge in [0.1, 0.15) is 16.3 Å². The number of carbonyl (C=O) groups excluding carboxylic acids is 1. The first kappa shape index (κ1) is 17.2. The average molecular weight is 377 g/mol. The highest BCUT2D eigenvalue weighted by Crippen LogP contribution is 2.24. The lowest BCUT2D eigenvalue weighted by molar-refractivity contribution is -0.128. The number of nitrogens with zero attached hydrogens (tertiary/aromatic N) is 1. The highest BCUT2D eigenvalue weighted by molar-refractivity contribution is 7.19. The van der Waals surface area contributed by atoms with Crippen molar-refractivity contribution in [2.24, 2.45) is 0 Å². The van der Waals surface area contributed by atoms with E-state index in [4.69, 9.17) is 9.15 Å². The fourth-order valence-electron chi connectivity index (χ4n) is 2.82. The predicted molar refractivity (Wildman–Crippen MR) is 106 cm³/mol. The van der Waals surface area contributed by atoms with Crippen molar-refractivity contribution in [3.05, 3.63) is 75.6 Å². The molecule has 0 spiro atoms. The Hall–Kier alpha value is -3.25. The van der Waals surface area contributed by atoms with E-state index in [9.17, 15) is 9.59 Å². The SMILES string of the molecule is CCc1cc(=O)oc2cc(OC(=O)/C=C/c3nc4ccccc4s3)ccc12. The Morgan fingerprint density at radius 1 is 1.22 bits per heavy atom. The van der Waals surface area contributed by atoms with Crippen molar-refractivity contribution >= 4 is 44.6 Å². The van der Waals surface area contributed by atoms with Crippen LogP contribution in [0.3, 0.4) is 0 Å². The molecule has 4 aromatic rings. The van der Waals surface area contributed by atoms with Crippen LogP contribution in [0.4, 0.5) is 0 Å². The van der Waals surface area contributed by atoms with Crippen LogP contribution in [0.25, 0.3) is 27.3 Å². The van der Waals surface area contributed by atoms with Crippen LogP contribution < -0.4 is 10.4 Å². The maximum absolute atomic E-state index is 12.1. The first-order chi connectivity index (χ1) is 13.1. The maximum Gasteiger partial charge on any atom is 0.336 e. The molecule has 0 aliphatic rings. The summed E-state index contributed by atoms with van der Waals surface area (Å²) in [4.78, 5) is 28.2. The van der Waals surface area contributed by atoms with Crippen molar-refractivity contribution in [3.8, 4) is 5.75 Å². The number of aryl methyl sites for hydroxylation is 1. The zero-order valence-electron chi connectivity index (χ0n) is 14.5. The van der Waals surface area contributed by atoms with Crippen LogP contribution >= 0.6 is 11.3 Å². The summed E-state index contributed by atoms with van der Waals surface area (Å²) in [6.07, 6.45) is 3.68. The zero-order valence-corrected chi connectivity index (χ0v) is 15.3. The quantitative estimate of drug-likeness (QED) is 0.225. The standard InChI is InChI=1S/C21H15NO4S/c1-2-13-11-21(24)26-17-12-14(7-8-15(13)17)25-20(23)10-9-19-22-16-5-3-4-6-18(16)27-19/h3-12H,2H2,1H3/b10-9+. The summed E-state index contributed by atoms with van der Waals surface area (Å²) in [5.41, 5.74) is 1.78. The van der Waals surface area contributed by atoms with E-state index >= 15 is 0 Å². The van der Waals surface area contributed by atoms with Gasteiger partial charge >= 0.3 is 11.6 Å². The molecule has 0 N–H and O–H groups in total. The molecule has 0 atom stereocenters. The van der Waals surface area contributed by atoms with E-state index < -0.39 is 11.6 Å². The maximum atomic E-state index is 12.1. The molecule has 0 unspecified atom stereocenters. The average Bonchev–Trinajstić information content (AvgIpc) is 3.08. The molecular formula is C21H15NO4S. The van der Waals surface area contributed by atoms with Gasteiger partial charge in [-0.3, -0.25) is 0 Å². The second-order valence-electron chi connectivity index (χ2n) is 5.88. The zero-order chi connectivity index (χ0) is 18.8. The number of benzene rings is 2. The lowest BCUT2D eigenvalue weighted by Crippen LogP contribution is -2.04. The number of carbonyl (C=O) groups is 1. The Morgan fingerprint density at radius 2 is 2.07 bits per heavy atom. The minimum Gasteiger partial charge on any atom is -0.423 e. The third-order valence-corrected chi connectivity index (χ3v) is 5.08. The number of aromatic nitrogens is 1. The summed E-state index contributed by atoms with van der Waals surface area (Å²) in [7, 11) is 0. The van der Waals surface area contributed by atoms with Gasteiger partial charge in [-0.15, -0.1) is 11.3 Å². The minimum atomic E-state index is -0.525. The summed E-state index contributed by atoms with van der Waals surface area (Å²) >= 11 is 1.50. The molecule has 6 heteroatoms. The molecule has 27 heavy (non-hydrogen) atoms. The van der Waals surface area contributed by atoms with Crippen molar-refractivity contribution in [1.29, 1.82) is 0 Å². The predicted octanol–water partition coefficient (Wildman–Crippen LogP) is 4.58. The van der Waals surface area contributed by atoms with Crippen LogP contribution in [-0.2, 0) is 11.2 Å². The third-order valence-electron chi connectivity index (χ3n) is 4.07. The number of fused-ring (bicyclic) bond motifs is 2. The van der Waals surface area contributed by atoms with Gasteiger partial charge in [0.25, 0.3) is 0 Å². The van der Waals surface area contributed by atoms with Gasteiger partial charge in [-0.1, -0.05) is 19.1 Å². The number of para-hydroxylation sites is 1. The minimum absolute atomic E-state index is 0.317. The Balaban J connectivity index is 1.54. The van der Waals surface area contributed by atoms with E-state index in [-0.39, 0.29) is 0 Å². The number of esters is 1. The fourth-order valence-corrected chi connectivity index (χ4v) is 3.69. The van der Waals surface area contributed by atoms with Gasteiger partial charge in [0.05, 0.1) is 10.2 Å². The first-order valence-corrected chi connectivity index (χ1v) is 9.26. The molecule has 0 saturated carbocycles. The van der Waals surface area contributed by atoms with E-state index in [1.807, 2.05) is 31.2 Å². The Kier molecular flexibility index (Phi) is 4.56. The molecule has 0 amide bonds. The largest absolute Gasteiger partial charge is 0.423 e. The van der Waals surface area contributed by atoms with E-state index in [2.05, 4.69) is 4.98 Å². The molecule has 2 aromatic heterocycles. The second kappa shape index (κ2) is 7.17. The highest BCUT2D eigenvalue weighted by atomic mass is 32.1. The normalized spacial score (nSPS) is 11.4. The van der Waals surface area contributed by atoms with Crippen molar-refractivity contribution in [2.45, 2.75) is 13.3 Å². The van der Waals surface area contributed by atoms with Gasteiger partial charge in [0.15, 0.2) is 0 Å². The Labute approximate surface area is 158 Å². The molecule has 2 aromatic carbocycles. The molecule has 0 saturated heterocycles. The van der Waals surface area contributed by atoms with Crippen LogP contribution in [0.15, 0.2) is 63.8 Å². The lowest BCUT2D eigenvalue weighted by atomic mass is 10.1. The molecule has 0 aliphatic carbocycles. The van der Waals surface area contributed by atoms with Crippen molar-refractivity contribution in [1.82, 2.24) is 4.98 Å². The van der Waals surface area contributed by atoms with Gasteiger partial charge in [-0.2, -0.15) is 0 Å². The number of ether oxygens (including phenoxy) is 1. The van der Waals surface area contributed by atoms with E-state index in [1.165, 1.54) is 23.5 Å². The van der Waals surface area contributed by atoms with Crippen molar-refractivity contribution < 1.29 is 13.9 Å². The monoisotopic (exact) mass is 377 g/mol. The van der Waals surface area contributed by atoms with Gasteiger partial charge in [0, 0.05) is 23.6 Å². The molecule has 0 fully saturated rings. The Morgan fingerprint density at radius 3 is 2.89 bits per heavy atom. The molecule has 134 valence electrons. The number of rotatable bonds is 4. The Bertz CT molecular complexity index is 1200. The van der Waals surface area contributed by atoms with Crippen LogP contribution in [-0.4, -0.2) is 11.0 Å². The van der Waals surface area contributed by atoms with Crippen molar-refractivity contribution in [3.63, 3.8) is 0 Å². The molecule has 0 bridgehead atoms. The lowest BCUT2D eigenvalue weighted by Gasteiger charge is -2.05. The summed E-state index contributed by atoms with van der Waals surface area (Å²) in [6, 6.07) is 14.3. The van der Waals surface area contributed by atoms with E-state index in [1.54, 1.807) is 24.3 Å². The van der Waals surface area contributed by atoms with E-state index in [0.29, 0.717) is 17.8 Å². The third kappa shape index (κ3) is 3.66. The smallest absolute Gasteiger partial charge is 0.336 e. The summed E-state index contributed by atoms with van der Waals surface area (Å²) in [5, 5.41) is 1.56. The fraction of sp³-hybridized carbons (Fsp3) is 0.0952. The van der Waals surface area contributed by atoms with Gasteiger partial charge < -0.3 is 9.15 Å². The summed E-state index contributed by atoms with van der Waals surface area (Å²) in [6.45, 7) is 1.97. The summed E-state index contributed by atoms with van der Waals surface area (Å²) < 4.78 is 11.6. The van der Waals surface area contributed by atoms with Crippen LogP contribution in [0.5, 0.6) is 5.75 Å². The molecule has 5 nitrogen and oxygen atoms in total. The van der Waals surface area contributed by atoms with Gasteiger partial charge in [-0.25, -0.2) is 14.6 Å². The van der Waals surface area contributed by atoms with E-state index in [0.717, 1.165) is 26.2 Å². The number of hydrogen-bond donors (Lipinski definition) is 0. The van der Waals surface area contributed by atoms with Gasteiger partial charge in [0.2, 0.25) is 0 Å². The highest BCUT2D eigenvalue weighted by Gasteiger charge is 2.08. The molecule has 0 aliphatic heterocycles. The van der Waals surface area contributed by atoms with Crippen molar-refractivity contribution in [2.75, 3.05) is 0 Å². The van der Waals surface area contributed by atoms with Gasteiger partial charge in [-0.05, 0) is 42.3 Å². The molecule has 2 heterocycles. The van der Waals surface area contributed by atoms with Crippen LogP contribution in [0.2, 0.25) is 0 Å². The number of thiazole rings is 1. The second-order valence-corrected chi connectivity index (χ2v) is 6.94. The first-order valence-electron chi connectivity index (χ1n) is 8.44. The molecule has 4 rings (SSSR count). The van der Waals surface area contributed by atoms with Crippen LogP contribution in [0.1, 0.15) is 17.5 Å². The molecular weight excluding hydrogens is 362 g/mol.